The van der Waals surface area contributed by atoms with Crippen LogP contribution in [0.5, 0.6) is 0 Å². The molecular weight excluding hydrogens is 200 g/mol. The quantitative estimate of drug-likeness (QED) is 0.726. The molecule has 1 saturated heterocycles. The minimum Gasteiger partial charge on any atom is -0.389 e. The number of likely N-dealkylation sites (tertiary alicyclic amines) is 1. The van der Waals surface area contributed by atoms with Gasteiger partial charge in [0.25, 0.3) is 0 Å². The van der Waals surface area contributed by atoms with E-state index in [2.05, 4.69) is 18.7 Å². The molecule has 0 aliphatic carbocycles. The monoisotopic (exact) mass is 228 g/mol. The molecule has 1 fully saturated rings. The zero-order valence-electron chi connectivity index (χ0n) is 10.9. The molecule has 3 N–H and O–H groups in total. The molecule has 1 aliphatic heterocycles. The van der Waals surface area contributed by atoms with E-state index < -0.39 is 5.60 Å². The number of nitrogens with zero attached hydrogens (tertiary/aromatic N) is 1. The summed E-state index contributed by atoms with van der Waals surface area (Å²) in [5.41, 5.74) is 5.13. The van der Waals surface area contributed by atoms with Gasteiger partial charge in [0, 0.05) is 13.1 Å². The van der Waals surface area contributed by atoms with Crippen molar-refractivity contribution in [3.63, 3.8) is 0 Å². The largest absolute Gasteiger partial charge is 0.389 e. The van der Waals surface area contributed by atoms with Crippen molar-refractivity contribution >= 4 is 0 Å². The lowest BCUT2D eigenvalue weighted by Gasteiger charge is -2.38. The molecular formula is C13H28N2O. The van der Waals surface area contributed by atoms with Crippen LogP contribution < -0.4 is 5.73 Å². The van der Waals surface area contributed by atoms with Crippen LogP contribution in [0.4, 0.5) is 0 Å². The van der Waals surface area contributed by atoms with Gasteiger partial charge in [0.1, 0.15) is 0 Å². The highest BCUT2D eigenvalue weighted by Crippen LogP contribution is 2.23. The maximum Gasteiger partial charge on any atom is 0.0768 e. The molecule has 0 aromatic rings. The number of β-amino-alcohol motifs (C(OH)–C–C–N with tert-alkyl or cyclic N) is 1. The average Bonchev–Trinajstić information content (AvgIpc) is 2.30. The first kappa shape index (κ1) is 13.9. The molecule has 1 rings (SSSR count). The highest BCUT2D eigenvalue weighted by atomic mass is 16.3. The van der Waals surface area contributed by atoms with Crippen LogP contribution in [-0.4, -0.2) is 41.8 Å². The fourth-order valence-corrected chi connectivity index (χ4v) is 2.66. The molecule has 0 bridgehead atoms. The lowest BCUT2D eigenvalue weighted by atomic mass is 9.91. The Morgan fingerprint density at radius 3 is 2.62 bits per heavy atom. The van der Waals surface area contributed by atoms with Gasteiger partial charge in [-0.25, -0.2) is 0 Å². The second-order valence-corrected chi connectivity index (χ2v) is 5.25. The predicted octanol–water partition coefficient (Wildman–Crippen LogP) is 1.60. The second kappa shape index (κ2) is 6.58. The summed E-state index contributed by atoms with van der Waals surface area (Å²) in [5.74, 6) is 0.747. The molecule has 1 heterocycles. The van der Waals surface area contributed by atoms with Gasteiger partial charge in [-0.2, -0.15) is 0 Å². The van der Waals surface area contributed by atoms with E-state index in [0.717, 1.165) is 51.4 Å². The third-order valence-corrected chi connectivity index (χ3v) is 4.01. The zero-order valence-corrected chi connectivity index (χ0v) is 10.9. The molecule has 1 aliphatic rings. The summed E-state index contributed by atoms with van der Waals surface area (Å²) < 4.78 is 0. The first-order valence-corrected chi connectivity index (χ1v) is 6.78. The van der Waals surface area contributed by atoms with E-state index in [0.29, 0.717) is 0 Å². The van der Waals surface area contributed by atoms with E-state index in [9.17, 15) is 5.11 Å². The van der Waals surface area contributed by atoms with Gasteiger partial charge >= 0.3 is 0 Å². The van der Waals surface area contributed by atoms with Crippen LogP contribution in [0.2, 0.25) is 0 Å². The first-order valence-electron chi connectivity index (χ1n) is 6.78. The van der Waals surface area contributed by atoms with Gasteiger partial charge in [-0.3, -0.25) is 0 Å². The summed E-state index contributed by atoms with van der Waals surface area (Å²) >= 11 is 0. The molecule has 16 heavy (non-hydrogen) atoms. The number of nitrogens with two attached hydrogens (primary N) is 1. The van der Waals surface area contributed by atoms with E-state index in [-0.39, 0.29) is 0 Å². The Labute approximate surface area is 100 Å². The average molecular weight is 228 g/mol. The number of hydrogen-bond donors (Lipinski definition) is 2. The molecule has 0 aromatic carbocycles. The Morgan fingerprint density at radius 1 is 1.38 bits per heavy atom. The molecule has 1 unspecified atom stereocenters. The SMILES string of the molecule is CCC(O)(CC)CN1CCCC(CCN)C1. The van der Waals surface area contributed by atoms with Gasteiger partial charge in [0.05, 0.1) is 5.60 Å². The maximum atomic E-state index is 10.3. The minimum atomic E-state index is -0.482. The Morgan fingerprint density at radius 2 is 2.06 bits per heavy atom. The third kappa shape index (κ3) is 4.04. The summed E-state index contributed by atoms with van der Waals surface area (Å²) in [6.07, 6.45) is 5.40. The first-order chi connectivity index (χ1) is 7.63. The van der Waals surface area contributed by atoms with E-state index in [4.69, 9.17) is 5.73 Å². The van der Waals surface area contributed by atoms with Crippen molar-refractivity contribution in [1.29, 1.82) is 0 Å². The van der Waals surface area contributed by atoms with Gasteiger partial charge in [-0.15, -0.1) is 0 Å². The molecule has 0 amide bonds. The van der Waals surface area contributed by atoms with Crippen LogP contribution in [-0.2, 0) is 0 Å². The predicted molar refractivity (Wildman–Crippen MR) is 68.4 cm³/mol. The normalized spacial score (nSPS) is 23.6. The zero-order chi connectivity index (χ0) is 12.0. The summed E-state index contributed by atoms with van der Waals surface area (Å²) in [6.45, 7) is 8.05. The Balaban J connectivity index is 2.41. The Hall–Kier alpha value is -0.120. The number of rotatable bonds is 6. The highest BCUT2D eigenvalue weighted by molar-refractivity contribution is 4.83. The third-order valence-electron chi connectivity index (χ3n) is 4.01. The molecule has 0 spiro atoms. The standard InChI is InChI=1S/C13H28N2O/c1-3-13(16,4-2)11-15-9-5-6-12(10-15)7-8-14/h12,16H,3-11,14H2,1-2H3. The lowest BCUT2D eigenvalue weighted by Crippen LogP contribution is -2.46. The van der Waals surface area contributed by atoms with Crippen LogP contribution in [0, 0.1) is 5.92 Å². The van der Waals surface area contributed by atoms with E-state index in [1.165, 1.54) is 12.8 Å². The van der Waals surface area contributed by atoms with E-state index in [1.54, 1.807) is 0 Å². The van der Waals surface area contributed by atoms with Crippen molar-refractivity contribution in [2.24, 2.45) is 11.7 Å². The highest BCUT2D eigenvalue weighted by Gasteiger charge is 2.28. The van der Waals surface area contributed by atoms with Crippen LogP contribution >= 0.6 is 0 Å². The second-order valence-electron chi connectivity index (χ2n) is 5.25. The summed E-state index contributed by atoms with van der Waals surface area (Å²) in [7, 11) is 0. The van der Waals surface area contributed by atoms with Crippen molar-refractivity contribution in [2.75, 3.05) is 26.2 Å². The summed E-state index contributed by atoms with van der Waals surface area (Å²) in [4.78, 5) is 2.43. The number of aliphatic hydroxyl groups is 1. The lowest BCUT2D eigenvalue weighted by molar-refractivity contribution is -0.0139. The van der Waals surface area contributed by atoms with E-state index in [1.807, 2.05) is 0 Å². The van der Waals surface area contributed by atoms with Crippen LogP contribution in [0.1, 0.15) is 46.0 Å². The Kier molecular flexibility index (Phi) is 5.73. The van der Waals surface area contributed by atoms with Gasteiger partial charge in [0.15, 0.2) is 0 Å². The molecule has 96 valence electrons. The molecule has 1 atom stereocenters. The summed E-state index contributed by atoms with van der Waals surface area (Å²) in [5, 5.41) is 10.3. The molecule has 3 nitrogen and oxygen atoms in total. The smallest absolute Gasteiger partial charge is 0.0768 e. The van der Waals surface area contributed by atoms with Gasteiger partial charge in [0.2, 0.25) is 0 Å². The van der Waals surface area contributed by atoms with Crippen molar-refractivity contribution < 1.29 is 5.11 Å². The number of piperidine rings is 1. The van der Waals surface area contributed by atoms with Crippen molar-refractivity contribution in [1.82, 2.24) is 4.90 Å². The topological polar surface area (TPSA) is 49.5 Å². The van der Waals surface area contributed by atoms with Crippen LogP contribution in [0.15, 0.2) is 0 Å². The van der Waals surface area contributed by atoms with Crippen LogP contribution in [0.3, 0.4) is 0 Å². The van der Waals surface area contributed by atoms with Gasteiger partial charge in [-0.1, -0.05) is 13.8 Å². The van der Waals surface area contributed by atoms with Gasteiger partial charge < -0.3 is 15.7 Å². The fraction of sp³-hybridized carbons (Fsp3) is 1.00. The number of hydrogen-bond acceptors (Lipinski definition) is 3. The van der Waals surface area contributed by atoms with Crippen molar-refractivity contribution in [3.05, 3.63) is 0 Å². The fourth-order valence-electron chi connectivity index (χ4n) is 2.66. The van der Waals surface area contributed by atoms with Crippen molar-refractivity contribution in [2.45, 2.75) is 51.6 Å². The maximum absolute atomic E-state index is 10.3. The van der Waals surface area contributed by atoms with Crippen molar-refractivity contribution in [3.8, 4) is 0 Å². The Bertz CT molecular complexity index is 190. The molecule has 3 heteroatoms. The molecule has 0 radical (unpaired) electrons. The van der Waals surface area contributed by atoms with Gasteiger partial charge in [-0.05, 0) is 51.1 Å². The minimum absolute atomic E-state index is 0.482. The molecule has 0 saturated carbocycles. The molecule has 0 aromatic heterocycles. The van der Waals surface area contributed by atoms with Crippen LogP contribution in [0.25, 0.3) is 0 Å². The van der Waals surface area contributed by atoms with E-state index >= 15 is 0 Å². The summed E-state index contributed by atoms with van der Waals surface area (Å²) in [6, 6.07) is 0.